The zero-order valence-corrected chi connectivity index (χ0v) is 23.0. The lowest BCUT2D eigenvalue weighted by molar-refractivity contribution is -0.147. The number of rotatable bonds is 6. The number of amides is 1. The molecule has 3 aromatic heterocycles. The first-order chi connectivity index (χ1) is 19.3. The molecule has 0 radical (unpaired) electrons. The highest BCUT2D eigenvalue weighted by Gasteiger charge is 2.34. The number of carbonyl (C=O) groups is 1. The Labute approximate surface area is 234 Å². The number of carbonyl (C=O) groups excluding carboxylic acids is 1. The first-order valence-corrected chi connectivity index (χ1v) is 13.0. The number of alkyl halides is 3. The lowest BCUT2D eigenvalue weighted by Crippen LogP contribution is -2.35. The van der Waals surface area contributed by atoms with Crippen LogP contribution in [0.1, 0.15) is 60.7 Å². The average Bonchev–Trinajstić information content (AvgIpc) is 3.52. The molecule has 216 valence electrons. The number of hydrogen-bond donors (Lipinski definition) is 2. The van der Waals surface area contributed by atoms with Gasteiger partial charge in [0.2, 0.25) is 5.95 Å². The van der Waals surface area contributed by atoms with Crippen LogP contribution in [0, 0.1) is 0 Å². The molecule has 2 N–H and O–H groups in total. The van der Waals surface area contributed by atoms with Crippen molar-refractivity contribution in [3.05, 3.63) is 65.8 Å². The normalized spacial score (nSPS) is 16.2. The molecule has 0 aliphatic carbocycles. The highest BCUT2D eigenvalue weighted by Crippen LogP contribution is 2.32. The van der Waals surface area contributed by atoms with E-state index in [1.807, 2.05) is 20.8 Å². The van der Waals surface area contributed by atoms with E-state index in [2.05, 4.69) is 35.7 Å². The van der Waals surface area contributed by atoms with Crippen LogP contribution in [-0.4, -0.2) is 59.8 Å². The van der Waals surface area contributed by atoms with Crippen LogP contribution in [0.25, 0.3) is 11.4 Å². The molecule has 5 rings (SSSR count). The molecule has 0 saturated carbocycles. The molecule has 41 heavy (non-hydrogen) atoms. The van der Waals surface area contributed by atoms with Crippen molar-refractivity contribution in [2.45, 2.75) is 51.4 Å². The summed E-state index contributed by atoms with van der Waals surface area (Å²) in [5.74, 6) is 0.528. The largest absolute Gasteiger partial charge is 0.441 e. The second kappa shape index (κ2) is 10.9. The van der Waals surface area contributed by atoms with Crippen molar-refractivity contribution < 1.29 is 22.4 Å². The summed E-state index contributed by atoms with van der Waals surface area (Å²) in [5, 5.41) is 10.2. The second-order valence-electron chi connectivity index (χ2n) is 11.0. The molecule has 0 saturated heterocycles. The van der Waals surface area contributed by atoms with E-state index < -0.39 is 24.7 Å². The van der Waals surface area contributed by atoms with Crippen LogP contribution in [0.4, 0.5) is 24.9 Å². The van der Waals surface area contributed by atoms with Crippen molar-refractivity contribution in [1.29, 1.82) is 0 Å². The number of hydrogen-bond acceptors (Lipinski definition) is 9. The van der Waals surface area contributed by atoms with Crippen molar-refractivity contribution in [3.8, 4) is 11.4 Å². The van der Waals surface area contributed by atoms with E-state index in [1.165, 1.54) is 17.5 Å². The van der Waals surface area contributed by atoms with Crippen molar-refractivity contribution in [2.24, 2.45) is 7.05 Å². The van der Waals surface area contributed by atoms with Crippen LogP contribution >= 0.6 is 0 Å². The Morgan fingerprint density at radius 2 is 1.95 bits per heavy atom. The lowest BCUT2D eigenvalue weighted by atomic mass is 9.93. The Morgan fingerprint density at radius 1 is 1.15 bits per heavy atom. The summed E-state index contributed by atoms with van der Waals surface area (Å²) in [6.07, 6.45) is 0.456. The third-order valence-corrected chi connectivity index (χ3v) is 6.60. The van der Waals surface area contributed by atoms with E-state index in [9.17, 15) is 18.0 Å². The van der Waals surface area contributed by atoms with E-state index in [0.29, 0.717) is 34.0 Å². The van der Waals surface area contributed by atoms with Crippen LogP contribution in [0.15, 0.2) is 47.5 Å². The summed E-state index contributed by atoms with van der Waals surface area (Å²) in [4.78, 5) is 31.6. The van der Waals surface area contributed by atoms with Crippen molar-refractivity contribution in [2.75, 3.05) is 18.4 Å². The van der Waals surface area contributed by atoms with E-state index in [4.69, 9.17) is 4.42 Å². The summed E-state index contributed by atoms with van der Waals surface area (Å²) in [5.41, 5.74) is 2.23. The number of halogens is 3. The molecule has 0 unspecified atom stereocenters. The number of oxazole rings is 1. The highest BCUT2D eigenvalue weighted by molar-refractivity contribution is 5.90. The molecular formula is C27H30F3N9O2. The molecule has 1 aliphatic rings. The number of aromatic nitrogens is 6. The van der Waals surface area contributed by atoms with Gasteiger partial charge in [-0.05, 0) is 23.6 Å². The van der Waals surface area contributed by atoms with Gasteiger partial charge >= 0.3 is 12.1 Å². The van der Waals surface area contributed by atoms with Gasteiger partial charge in [0.1, 0.15) is 12.6 Å². The van der Waals surface area contributed by atoms with Gasteiger partial charge in [-0.3, -0.25) is 14.4 Å². The third-order valence-electron chi connectivity index (χ3n) is 6.60. The average molecular weight is 570 g/mol. The summed E-state index contributed by atoms with van der Waals surface area (Å²) in [7, 11) is 1.78. The van der Waals surface area contributed by atoms with E-state index in [0.717, 1.165) is 0 Å². The van der Waals surface area contributed by atoms with Gasteiger partial charge in [-0.25, -0.2) is 15.0 Å². The molecule has 14 heteroatoms. The standard InChI is InChI=1S/C27H30F3N9O2/c1-26(2,3)20-13-41-24(34-20)23(40)33-19-7-10-39(14-27(28,29)30)12-17-11-16(5-6-18(17)19)22-31-15-32-25(36-22)35-21-8-9-38(4)37-21/h5-6,8-9,11,13,15,19H,7,10,12,14H2,1-4H3,(H,33,40)(H,31,32,35,36,37)/t19-/m1/s1. The maximum atomic E-state index is 13.4. The van der Waals surface area contributed by atoms with E-state index >= 15 is 0 Å². The van der Waals surface area contributed by atoms with Crippen LogP contribution < -0.4 is 10.6 Å². The molecule has 4 aromatic rings. The molecule has 1 aromatic carbocycles. The van der Waals surface area contributed by atoms with Gasteiger partial charge in [0, 0.05) is 43.4 Å². The van der Waals surface area contributed by atoms with Gasteiger partial charge in [0.15, 0.2) is 11.6 Å². The van der Waals surface area contributed by atoms with Crippen LogP contribution in [0.2, 0.25) is 0 Å². The Kier molecular flexibility index (Phi) is 7.51. The summed E-state index contributed by atoms with van der Waals surface area (Å²) < 4.78 is 47.2. The van der Waals surface area contributed by atoms with Crippen molar-refractivity contribution >= 4 is 17.7 Å². The van der Waals surface area contributed by atoms with Gasteiger partial charge in [0.25, 0.3) is 5.89 Å². The Bertz CT molecular complexity index is 1540. The van der Waals surface area contributed by atoms with Gasteiger partial charge in [-0.2, -0.15) is 23.3 Å². The molecule has 0 spiro atoms. The Balaban J connectivity index is 1.43. The number of anilines is 2. The van der Waals surface area contributed by atoms with Crippen LogP contribution in [-0.2, 0) is 19.0 Å². The minimum Gasteiger partial charge on any atom is -0.441 e. The minimum absolute atomic E-state index is 0.0341. The lowest BCUT2D eigenvalue weighted by Gasteiger charge is -2.22. The van der Waals surface area contributed by atoms with Gasteiger partial charge in [-0.15, -0.1) is 0 Å². The smallest absolute Gasteiger partial charge is 0.401 e. The zero-order chi connectivity index (χ0) is 29.4. The molecule has 0 fully saturated rings. The van der Waals surface area contributed by atoms with E-state index in [1.54, 1.807) is 42.2 Å². The number of nitrogens with zero attached hydrogens (tertiary/aromatic N) is 7. The van der Waals surface area contributed by atoms with Crippen molar-refractivity contribution in [1.82, 2.24) is 39.9 Å². The molecular weight excluding hydrogens is 539 g/mol. The third kappa shape index (κ3) is 6.88. The summed E-state index contributed by atoms with van der Waals surface area (Å²) in [6.45, 7) is 4.93. The van der Waals surface area contributed by atoms with Crippen LogP contribution in [0.5, 0.6) is 0 Å². The van der Waals surface area contributed by atoms with Crippen molar-refractivity contribution in [3.63, 3.8) is 0 Å². The maximum absolute atomic E-state index is 13.4. The maximum Gasteiger partial charge on any atom is 0.401 e. The number of benzene rings is 1. The first kappa shape index (κ1) is 28.2. The number of nitrogens with one attached hydrogen (secondary N) is 2. The predicted octanol–water partition coefficient (Wildman–Crippen LogP) is 4.54. The van der Waals surface area contributed by atoms with Gasteiger partial charge in [0.05, 0.1) is 18.3 Å². The second-order valence-corrected chi connectivity index (χ2v) is 11.0. The van der Waals surface area contributed by atoms with Gasteiger partial charge < -0.3 is 15.1 Å². The monoisotopic (exact) mass is 569 g/mol. The van der Waals surface area contributed by atoms with E-state index in [-0.39, 0.29) is 36.8 Å². The molecule has 1 amide bonds. The summed E-state index contributed by atoms with van der Waals surface area (Å²) in [6, 6.07) is 6.52. The molecule has 1 aliphatic heterocycles. The SMILES string of the molecule is Cn1ccc(Nc2ncnc(-c3ccc4c(c3)CN(CC(F)(F)F)CC[C@H]4NC(=O)c3nc(C(C)(C)C)co3)n2)n1. The summed E-state index contributed by atoms with van der Waals surface area (Å²) >= 11 is 0. The number of aryl methyl sites for hydroxylation is 1. The minimum atomic E-state index is -4.37. The van der Waals surface area contributed by atoms with Gasteiger partial charge in [-0.1, -0.05) is 32.9 Å². The molecule has 11 nitrogen and oxygen atoms in total. The Hall–Kier alpha value is -4.33. The first-order valence-electron chi connectivity index (χ1n) is 13.0. The quantitative estimate of drug-likeness (QED) is 0.344. The Morgan fingerprint density at radius 3 is 2.63 bits per heavy atom. The number of fused-ring (bicyclic) bond motifs is 1. The fraction of sp³-hybridized carbons (Fsp3) is 0.407. The highest BCUT2D eigenvalue weighted by atomic mass is 19.4. The fourth-order valence-electron chi connectivity index (χ4n) is 4.58. The topological polar surface area (TPSA) is 127 Å². The van der Waals surface area contributed by atoms with Crippen LogP contribution in [0.3, 0.4) is 0 Å². The molecule has 4 heterocycles. The zero-order valence-electron chi connectivity index (χ0n) is 23.0. The fourth-order valence-corrected chi connectivity index (χ4v) is 4.58. The molecule has 0 bridgehead atoms. The molecule has 1 atom stereocenters. The predicted molar refractivity (Wildman–Crippen MR) is 143 cm³/mol.